The van der Waals surface area contributed by atoms with Gasteiger partial charge in [-0.3, -0.25) is 4.79 Å². The fraction of sp³-hybridized carbons (Fsp3) is 0.316. The van der Waals surface area contributed by atoms with Gasteiger partial charge >= 0.3 is 0 Å². The molecule has 7 heteroatoms. The Kier molecular flexibility index (Phi) is 3.82. The molecule has 1 saturated heterocycles. The van der Waals surface area contributed by atoms with Gasteiger partial charge in [0.2, 0.25) is 0 Å². The summed E-state index contributed by atoms with van der Waals surface area (Å²) in [5.41, 5.74) is -0.0524. The van der Waals surface area contributed by atoms with Gasteiger partial charge in [0, 0.05) is 22.9 Å². The molecule has 1 amide bonds. The summed E-state index contributed by atoms with van der Waals surface area (Å²) in [6.07, 6.45) is 0.124. The Balaban J connectivity index is 1.63. The minimum atomic E-state index is -3.24. The van der Waals surface area contributed by atoms with Crippen molar-refractivity contribution in [1.82, 2.24) is 5.32 Å². The van der Waals surface area contributed by atoms with E-state index in [1.165, 1.54) is 0 Å². The van der Waals surface area contributed by atoms with E-state index in [1.807, 2.05) is 43.3 Å². The molecule has 0 spiro atoms. The lowest BCUT2D eigenvalue weighted by molar-refractivity contribution is 0.0599. The van der Waals surface area contributed by atoms with Crippen LogP contribution in [0.5, 0.6) is 0 Å². The van der Waals surface area contributed by atoms with Crippen LogP contribution in [0.1, 0.15) is 22.5 Å². The second-order valence-corrected chi connectivity index (χ2v) is 9.15. The van der Waals surface area contributed by atoms with Crippen LogP contribution in [-0.4, -0.2) is 43.1 Å². The zero-order valence-electron chi connectivity index (χ0n) is 14.3. The van der Waals surface area contributed by atoms with Crippen LogP contribution in [0.15, 0.2) is 40.8 Å². The molecule has 1 atom stereocenters. The number of hydrogen-bond donors (Lipinski definition) is 2. The minimum Gasteiger partial charge on any atom is -0.450 e. The lowest BCUT2D eigenvalue weighted by Crippen LogP contribution is -2.43. The number of aliphatic hydroxyl groups is 1. The molecule has 3 aromatic rings. The van der Waals surface area contributed by atoms with Crippen molar-refractivity contribution in [2.45, 2.75) is 18.9 Å². The maximum atomic E-state index is 12.6. The topological polar surface area (TPSA) is 96.6 Å². The molecule has 6 nitrogen and oxygen atoms in total. The maximum absolute atomic E-state index is 12.6. The summed E-state index contributed by atoms with van der Waals surface area (Å²) in [7, 11) is -3.24. The summed E-state index contributed by atoms with van der Waals surface area (Å²) < 4.78 is 29.0. The quantitative estimate of drug-likeness (QED) is 0.733. The first-order valence-corrected chi connectivity index (χ1v) is 10.2. The average molecular weight is 373 g/mol. The average Bonchev–Trinajstić information content (AvgIpc) is 3.09. The molecule has 2 N–H and O–H groups in total. The molecule has 2 aromatic carbocycles. The van der Waals surface area contributed by atoms with Crippen LogP contribution in [0.25, 0.3) is 21.7 Å². The molecule has 1 aliphatic heterocycles. The van der Waals surface area contributed by atoms with E-state index in [1.54, 1.807) is 0 Å². The summed E-state index contributed by atoms with van der Waals surface area (Å²) in [5.74, 6) is -0.666. The van der Waals surface area contributed by atoms with Crippen molar-refractivity contribution in [3.05, 3.63) is 47.7 Å². The van der Waals surface area contributed by atoms with Crippen LogP contribution in [0.2, 0.25) is 0 Å². The van der Waals surface area contributed by atoms with Crippen LogP contribution >= 0.6 is 0 Å². The molecular weight excluding hydrogens is 354 g/mol. The van der Waals surface area contributed by atoms with Crippen molar-refractivity contribution in [3.63, 3.8) is 0 Å². The molecule has 4 rings (SSSR count). The Labute approximate surface area is 150 Å². The van der Waals surface area contributed by atoms with Gasteiger partial charge in [0.15, 0.2) is 15.6 Å². The smallest absolute Gasteiger partial charge is 0.287 e. The van der Waals surface area contributed by atoms with Gasteiger partial charge < -0.3 is 14.8 Å². The minimum absolute atomic E-state index is 0.0605. The number of amides is 1. The first kappa shape index (κ1) is 17.1. The molecule has 136 valence electrons. The third-order valence-electron chi connectivity index (χ3n) is 4.98. The summed E-state index contributed by atoms with van der Waals surface area (Å²) in [6.45, 7) is 1.69. The third kappa shape index (κ3) is 2.87. The van der Waals surface area contributed by atoms with E-state index in [0.717, 1.165) is 16.2 Å². The predicted octanol–water partition coefficient (Wildman–Crippen LogP) is 2.17. The highest BCUT2D eigenvalue weighted by molar-refractivity contribution is 7.91. The molecule has 1 aromatic heterocycles. The molecular formula is C19H19NO5S. The highest BCUT2D eigenvalue weighted by Crippen LogP contribution is 2.32. The number of nitrogens with one attached hydrogen (secondary N) is 1. The summed E-state index contributed by atoms with van der Waals surface area (Å²) in [6, 6.07) is 11.7. The zero-order valence-corrected chi connectivity index (χ0v) is 15.1. The zero-order chi connectivity index (χ0) is 18.5. The Bertz CT molecular complexity index is 1130. The number of carbonyl (C=O) groups is 1. The molecule has 0 radical (unpaired) electrons. The number of furan rings is 1. The molecule has 1 unspecified atom stereocenters. The SMILES string of the molecule is Cc1c(C(=O)NCC2(O)CCS(=O)(=O)C2)oc2c1ccc1ccccc12. The van der Waals surface area contributed by atoms with Crippen molar-refractivity contribution in [2.75, 3.05) is 18.1 Å². The van der Waals surface area contributed by atoms with Gasteiger partial charge in [0.1, 0.15) is 5.58 Å². The van der Waals surface area contributed by atoms with E-state index in [2.05, 4.69) is 5.32 Å². The van der Waals surface area contributed by atoms with Crippen molar-refractivity contribution in [1.29, 1.82) is 0 Å². The number of sulfone groups is 1. The first-order chi connectivity index (χ1) is 12.3. The lowest BCUT2D eigenvalue weighted by Gasteiger charge is -2.20. The highest BCUT2D eigenvalue weighted by Gasteiger charge is 2.41. The Hall–Kier alpha value is -2.38. The fourth-order valence-corrected chi connectivity index (χ4v) is 5.43. The van der Waals surface area contributed by atoms with E-state index in [-0.39, 0.29) is 30.2 Å². The molecule has 1 fully saturated rings. The Morgan fingerprint density at radius 1 is 1.23 bits per heavy atom. The predicted molar refractivity (Wildman–Crippen MR) is 99.0 cm³/mol. The number of benzene rings is 2. The van der Waals surface area contributed by atoms with Gasteiger partial charge in [0.25, 0.3) is 5.91 Å². The molecule has 26 heavy (non-hydrogen) atoms. The van der Waals surface area contributed by atoms with E-state index in [0.29, 0.717) is 11.1 Å². The van der Waals surface area contributed by atoms with Crippen molar-refractivity contribution in [2.24, 2.45) is 0 Å². The van der Waals surface area contributed by atoms with Crippen molar-refractivity contribution < 1.29 is 22.7 Å². The van der Waals surface area contributed by atoms with E-state index >= 15 is 0 Å². The third-order valence-corrected chi connectivity index (χ3v) is 6.78. The molecule has 0 aliphatic carbocycles. The molecule has 1 aliphatic rings. The van der Waals surface area contributed by atoms with Gasteiger partial charge in [-0.05, 0) is 18.7 Å². The maximum Gasteiger partial charge on any atom is 0.287 e. The van der Waals surface area contributed by atoms with Gasteiger partial charge in [-0.15, -0.1) is 0 Å². The molecule has 0 bridgehead atoms. The standard InChI is InChI=1S/C19H19NO5S/c1-12-14-7-6-13-4-2-3-5-15(13)17(14)25-16(12)18(21)20-10-19(22)8-9-26(23,24)11-19/h2-7,22H,8-11H2,1H3,(H,20,21). The fourth-order valence-electron chi connectivity index (χ4n) is 3.53. The lowest BCUT2D eigenvalue weighted by atomic mass is 10.0. The Morgan fingerprint density at radius 2 is 2.00 bits per heavy atom. The number of aryl methyl sites for hydroxylation is 1. The van der Waals surface area contributed by atoms with Crippen LogP contribution < -0.4 is 5.32 Å². The van der Waals surface area contributed by atoms with Crippen LogP contribution in [0, 0.1) is 6.92 Å². The number of rotatable bonds is 3. The normalized spacial score (nSPS) is 22.1. The second kappa shape index (κ2) is 5.82. The van der Waals surface area contributed by atoms with Crippen LogP contribution in [0.4, 0.5) is 0 Å². The molecule has 0 saturated carbocycles. The molecule has 2 heterocycles. The summed E-state index contributed by atoms with van der Waals surface area (Å²) in [4.78, 5) is 12.6. The van der Waals surface area contributed by atoms with Gasteiger partial charge in [0.05, 0.1) is 17.1 Å². The summed E-state index contributed by atoms with van der Waals surface area (Å²) >= 11 is 0. The monoisotopic (exact) mass is 373 g/mol. The summed E-state index contributed by atoms with van der Waals surface area (Å²) in [5, 5.41) is 15.8. The van der Waals surface area contributed by atoms with Crippen molar-refractivity contribution in [3.8, 4) is 0 Å². The number of fused-ring (bicyclic) bond motifs is 3. The van der Waals surface area contributed by atoms with E-state index < -0.39 is 21.3 Å². The van der Waals surface area contributed by atoms with Gasteiger partial charge in [-0.1, -0.05) is 36.4 Å². The first-order valence-electron chi connectivity index (χ1n) is 8.40. The second-order valence-electron chi connectivity index (χ2n) is 6.97. The van der Waals surface area contributed by atoms with Gasteiger partial charge in [-0.2, -0.15) is 0 Å². The van der Waals surface area contributed by atoms with Crippen molar-refractivity contribution >= 4 is 37.5 Å². The largest absolute Gasteiger partial charge is 0.450 e. The van der Waals surface area contributed by atoms with E-state index in [9.17, 15) is 18.3 Å². The van der Waals surface area contributed by atoms with Gasteiger partial charge in [-0.25, -0.2) is 8.42 Å². The number of carbonyl (C=O) groups excluding carboxylic acids is 1. The van der Waals surface area contributed by atoms with Crippen LogP contribution in [0.3, 0.4) is 0 Å². The Morgan fingerprint density at radius 3 is 2.73 bits per heavy atom. The van der Waals surface area contributed by atoms with Crippen LogP contribution in [-0.2, 0) is 9.84 Å². The number of hydrogen-bond acceptors (Lipinski definition) is 5. The van der Waals surface area contributed by atoms with E-state index in [4.69, 9.17) is 4.42 Å². The highest BCUT2D eigenvalue weighted by atomic mass is 32.2.